The normalized spacial score (nSPS) is 19.1. The van der Waals surface area contributed by atoms with Gasteiger partial charge in [0, 0.05) is 51.2 Å². The molecule has 5 heterocycles. The van der Waals surface area contributed by atoms with E-state index in [2.05, 4.69) is 30.1 Å². The molecule has 0 radical (unpaired) electrons. The first kappa shape index (κ1) is 21.4. The van der Waals surface area contributed by atoms with Crippen molar-refractivity contribution in [2.75, 3.05) is 49.1 Å². The van der Waals surface area contributed by atoms with Crippen LogP contribution in [0.25, 0.3) is 5.82 Å². The Bertz CT molecular complexity index is 1090. The summed E-state index contributed by atoms with van der Waals surface area (Å²) in [4.78, 5) is 24.2. The van der Waals surface area contributed by atoms with E-state index in [-0.39, 0.29) is 11.8 Å². The van der Waals surface area contributed by atoms with Crippen molar-refractivity contribution in [1.29, 1.82) is 0 Å². The Hall–Kier alpha value is -3.49. The van der Waals surface area contributed by atoms with Crippen molar-refractivity contribution in [1.82, 2.24) is 29.9 Å². The fraction of sp³-hybridized carbons (Fsp3) is 0.458. The van der Waals surface area contributed by atoms with Crippen molar-refractivity contribution < 1.29 is 4.79 Å². The maximum absolute atomic E-state index is 13.3. The van der Waals surface area contributed by atoms with Gasteiger partial charge in [-0.3, -0.25) is 4.79 Å². The topological polar surface area (TPSA) is 83.3 Å². The molecule has 0 saturated carbocycles. The van der Waals surface area contributed by atoms with E-state index in [0.717, 1.165) is 68.6 Å². The predicted octanol–water partition coefficient (Wildman–Crippen LogP) is 2.24. The molecule has 5 rings (SSSR count). The number of nitrogens with zero attached hydrogens (tertiary/aromatic N) is 8. The Morgan fingerprint density at radius 1 is 0.909 bits per heavy atom. The van der Waals surface area contributed by atoms with E-state index in [1.54, 1.807) is 4.68 Å². The van der Waals surface area contributed by atoms with Crippen molar-refractivity contribution in [3.63, 3.8) is 0 Å². The van der Waals surface area contributed by atoms with E-state index in [1.807, 2.05) is 61.3 Å². The molecule has 2 saturated heterocycles. The highest BCUT2D eigenvalue weighted by Crippen LogP contribution is 2.24. The second-order valence-corrected chi connectivity index (χ2v) is 8.87. The molecule has 2 fully saturated rings. The van der Waals surface area contributed by atoms with E-state index in [4.69, 9.17) is 0 Å². The van der Waals surface area contributed by atoms with Gasteiger partial charge < -0.3 is 14.7 Å². The molecule has 1 unspecified atom stereocenters. The molecule has 0 bridgehead atoms. The Morgan fingerprint density at radius 2 is 1.70 bits per heavy atom. The van der Waals surface area contributed by atoms with Crippen molar-refractivity contribution in [2.24, 2.45) is 5.92 Å². The molecular formula is C24H30N8O. The fourth-order valence-corrected chi connectivity index (χ4v) is 4.80. The first-order chi connectivity index (χ1) is 16.1. The standard InChI is InChI=1S/C24H30N8O/c1-18-16-19(2)32(28-18)23-9-8-22(26-27-23)31-11-5-6-20(17-31)24(33)30-14-12-29(13-15-30)21-7-3-4-10-25-21/h3-4,7-10,16,20H,5-6,11-15,17H2,1-2H3. The van der Waals surface area contributed by atoms with Gasteiger partial charge >= 0.3 is 0 Å². The van der Waals surface area contributed by atoms with Crippen LogP contribution < -0.4 is 9.80 Å². The van der Waals surface area contributed by atoms with Gasteiger partial charge in [0.1, 0.15) is 5.82 Å². The second-order valence-electron chi connectivity index (χ2n) is 8.87. The van der Waals surface area contributed by atoms with E-state index in [1.165, 1.54) is 0 Å². The number of aromatic nitrogens is 5. The molecule has 0 spiro atoms. The van der Waals surface area contributed by atoms with Crippen molar-refractivity contribution in [3.8, 4) is 5.82 Å². The number of carbonyl (C=O) groups excluding carboxylic acids is 1. The van der Waals surface area contributed by atoms with Crippen molar-refractivity contribution in [3.05, 3.63) is 54.0 Å². The van der Waals surface area contributed by atoms with E-state index in [9.17, 15) is 4.79 Å². The van der Waals surface area contributed by atoms with Gasteiger partial charge in [0.2, 0.25) is 5.91 Å². The molecule has 9 nitrogen and oxygen atoms in total. The third-order valence-electron chi connectivity index (χ3n) is 6.52. The molecule has 2 aliphatic rings. The van der Waals surface area contributed by atoms with Crippen LogP contribution in [0.5, 0.6) is 0 Å². The van der Waals surface area contributed by atoms with Crippen LogP contribution in [0.2, 0.25) is 0 Å². The minimum Gasteiger partial charge on any atom is -0.354 e. The predicted molar refractivity (Wildman–Crippen MR) is 127 cm³/mol. The molecule has 2 aliphatic heterocycles. The minimum absolute atomic E-state index is 0.00219. The number of carbonyl (C=O) groups is 1. The number of piperidine rings is 1. The number of hydrogen-bond donors (Lipinski definition) is 0. The quantitative estimate of drug-likeness (QED) is 0.608. The number of rotatable bonds is 4. The average molecular weight is 447 g/mol. The molecule has 9 heteroatoms. The number of aryl methyl sites for hydroxylation is 2. The molecule has 3 aromatic heterocycles. The minimum atomic E-state index is -0.00219. The summed E-state index contributed by atoms with van der Waals surface area (Å²) in [5.41, 5.74) is 1.98. The van der Waals surface area contributed by atoms with Gasteiger partial charge in [-0.25, -0.2) is 9.67 Å². The number of piperazine rings is 1. The third-order valence-corrected chi connectivity index (χ3v) is 6.52. The van der Waals surface area contributed by atoms with Gasteiger partial charge in [-0.05, 0) is 57.0 Å². The zero-order chi connectivity index (χ0) is 22.8. The Kier molecular flexibility index (Phi) is 5.93. The highest BCUT2D eigenvalue weighted by Gasteiger charge is 2.31. The lowest BCUT2D eigenvalue weighted by Gasteiger charge is -2.39. The van der Waals surface area contributed by atoms with E-state index >= 15 is 0 Å². The summed E-state index contributed by atoms with van der Waals surface area (Å²) in [6, 6.07) is 11.9. The molecule has 0 N–H and O–H groups in total. The fourth-order valence-electron chi connectivity index (χ4n) is 4.80. The maximum Gasteiger partial charge on any atom is 0.227 e. The summed E-state index contributed by atoms with van der Waals surface area (Å²) in [5, 5.41) is 13.3. The monoisotopic (exact) mass is 446 g/mol. The smallest absolute Gasteiger partial charge is 0.227 e. The van der Waals surface area contributed by atoms with Crippen LogP contribution in [0.1, 0.15) is 24.2 Å². The van der Waals surface area contributed by atoms with Crippen LogP contribution >= 0.6 is 0 Å². The summed E-state index contributed by atoms with van der Waals surface area (Å²) in [6.07, 6.45) is 3.72. The van der Waals surface area contributed by atoms with Gasteiger partial charge in [-0.2, -0.15) is 5.10 Å². The summed E-state index contributed by atoms with van der Waals surface area (Å²) in [6.45, 7) is 8.67. The number of anilines is 2. The molecule has 1 amide bonds. The highest BCUT2D eigenvalue weighted by molar-refractivity contribution is 5.80. The van der Waals surface area contributed by atoms with Gasteiger partial charge in [0.15, 0.2) is 11.6 Å². The van der Waals surface area contributed by atoms with Crippen LogP contribution in [0.4, 0.5) is 11.6 Å². The van der Waals surface area contributed by atoms with Crippen molar-refractivity contribution >= 4 is 17.5 Å². The van der Waals surface area contributed by atoms with Gasteiger partial charge in [-0.15, -0.1) is 10.2 Å². The van der Waals surface area contributed by atoms with Crippen LogP contribution in [0.3, 0.4) is 0 Å². The lowest BCUT2D eigenvalue weighted by Crippen LogP contribution is -2.52. The number of hydrogen-bond acceptors (Lipinski definition) is 7. The van der Waals surface area contributed by atoms with Gasteiger partial charge in [0.25, 0.3) is 0 Å². The van der Waals surface area contributed by atoms with Crippen LogP contribution in [-0.4, -0.2) is 75.0 Å². The maximum atomic E-state index is 13.3. The van der Waals surface area contributed by atoms with Gasteiger partial charge in [0.05, 0.1) is 11.6 Å². The van der Waals surface area contributed by atoms with E-state index in [0.29, 0.717) is 12.4 Å². The van der Waals surface area contributed by atoms with Gasteiger partial charge in [-0.1, -0.05) is 6.07 Å². The molecule has 0 aromatic carbocycles. The SMILES string of the molecule is Cc1cc(C)n(-c2ccc(N3CCCC(C(=O)N4CCN(c5ccccn5)CC4)C3)nn2)n1. The van der Waals surface area contributed by atoms with Crippen molar-refractivity contribution in [2.45, 2.75) is 26.7 Å². The van der Waals surface area contributed by atoms with Crippen LogP contribution in [0, 0.1) is 19.8 Å². The second kappa shape index (κ2) is 9.17. The number of pyridine rings is 1. The van der Waals surface area contributed by atoms with Crippen LogP contribution in [-0.2, 0) is 4.79 Å². The highest BCUT2D eigenvalue weighted by atomic mass is 16.2. The third kappa shape index (κ3) is 4.53. The summed E-state index contributed by atoms with van der Waals surface area (Å²) < 4.78 is 1.80. The summed E-state index contributed by atoms with van der Waals surface area (Å²) in [7, 11) is 0. The zero-order valence-electron chi connectivity index (χ0n) is 19.3. The molecular weight excluding hydrogens is 416 g/mol. The largest absolute Gasteiger partial charge is 0.354 e. The summed E-state index contributed by atoms with van der Waals surface area (Å²) in [5.74, 6) is 2.76. The Labute approximate surface area is 194 Å². The number of amides is 1. The molecule has 1 atom stereocenters. The first-order valence-corrected chi connectivity index (χ1v) is 11.7. The lowest BCUT2D eigenvalue weighted by molar-refractivity contribution is -0.136. The lowest BCUT2D eigenvalue weighted by atomic mass is 9.96. The zero-order valence-corrected chi connectivity index (χ0v) is 19.3. The van der Waals surface area contributed by atoms with Crippen LogP contribution in [0.15, 0.2) is 42.6 Å². The average Bonchev–Trinajstić information content (AvgIpc) is 3.22. The Morgan fingerprint density at radius 3 is 2.36 bits per heavy atom. The first-order valence-electron chi connectivity index (χ1n) is 11.7. The molecule has 3 aromatic rings. The Balaban J connectivity index is 1.20. The van der Waals surface area contributed by atoms with E-state index < -0.39 is 0 Å². The summed E-state index contributed by atoms with van der Waals surface area (Å²) >= 11 is 0. The molecule has 33 heavy (non-hydrogen) atoms. The molecule has 172 valence electrons. The molecule has 0 aliphatic carbocycles.